The smallest absolute Gasteiger partial charge is 0.140 e. The van der Waals surface area contributed by atoms with Gasteiger partial charge < -0.3 is 10.1 Å². The van der Waals surface area contributed by atoms with Gasteiger partial charge in [0.1, 0.15) is 11.5 Å². The standard InChI is InChI=1S/C14H18ClNO2/c1-9(11-7-16-8-11)13(17)6-10-5-12(15)3-4-14(10)18-2/h3-5,9,11,16H,6-8H2,1-2H3. The van der Waals surface area contributed by atoms with E-state index in [0.717, 1.165) is 24.4 Å². The minimum atomic E-state index is 0.0925. The Morgan fingerprint density at radius 1 is 1.56 bits per heavy atom. The van der Waals surface area contributed by atoms with Crippen LogP contribution in [0.3, 0.4) is 0 Å². The molecule has 1 unspecified atom stereocenters. The average Bonchev–Trinajstić information content (AvgIpc) is 2.27. The molecule has 1 N–H and O–H groups in total. The molecular weight excluding hydrogens is 250 g/mol. The zero-order valence-corrected chi connectivity index (χ0v) is 11.5. The summed E-state index contributed by atoms with van der Waals surface area (Å²) in [6, 6.07) is 5.39. The highest BCUT2D eigenvalue weighted by atomic mass is 35.5. The van der Waals surface area contributed by atoms with Crippen LogP contribution in [0.5, 0.6) is 5.75 Å². The van der Waals surface area contributed by atoms with Gasteiger partial charge in [0, 0.05) is 22.9 Å². The molecule has 0 radical (unpaired) electrons. The number of hydrogen-bond acceptors (Lipinski definition) is 3. The molecule has 0 bridgehead atoms. The first-order chi connectivity index (χ1) is 8.61. The molecule has 0 aliphatic carbocycles. The summed E-state index contributed by atoms with van der Waals surface area (Å²) in [5.41, 5.74) is 0.870. The lowest BCUT2D eigenvalue weighted by Crippen LogP contribution is -2.47. The lowest BCUT2D eigenvalue weighted by atomic mass is 9.84. The number of ketones is 1. The van der Waals surface area contributed by atoms with E-state index in [-0.39, 0.29) is 11.7 Å². The van der Waals surface area contributed by atoms with Crippen LogP contribution in [0.1, 0.15) is 12.5 Å². The van der Waals surface area contributed by atoms with Crippen LogP contribution in [0.2, 0.25) is 5.02 Å². The molecule has 0 amide bonds. The number of ether oxygens (including phenoxy) is 1. The number of nitrogens with one attached hydrogen (secondary N) is 1. The van der Waals surface area contributed by atoms with Crippen LogP contribution in [0.15, 0.2) is 18.2 Å². The summed E-state index contributed by atoms with van der Waals surface area (Å²) >= 11 is 5.96. The largest absolute Gasteiger partial charge is 0.496 e. The van der Waals surface area contributed by atoms with E-state index in [0.29, 0.717) is 17.4 Å². The summed E-state index contributed by atoms with van der Waals surface area (Å²) in [6.07, 6.45) is 0.390. The Morgan fingerprint density at radius 2 is 2.28 bits per heavy atom. The summed E-state index contributed by atoms with van der Waals surface area (Å²) < 4.78 is 5.26. The molecule has 3 nitrogen and oxygen atoms in total. The van der Waals surface area contributed by atoms with Gasteiger partial charge in [0.15, 0.2) is 0 Å². The Labute approximate surface area is 112 Å². The van der Waals surface area contributed by atoms with Gasteiger partial charge in [0.25, 0.3) is 0 Å². The van der Waals surface area contributed by atoms with E-state index in [2.05, 4.69) is 5.32 Å². The van der Waals surface area contributed by atoms with Gasteiger partial charge in [-0.05, 0) is 37.2 Å². The maximum Gasteiger partial charge on any atom is 0.140 e. The lowest BCUT2D eigenvalue weighted by Gasteiger charge is -2.31. The monoisotopic (exact) mass is 267 g/mol. The number of carbonyl (C=O) groups excluding carboxylic acids is 1. The second-order valence-corrected chi connectivity index (χ2v) is 5.24. The van der Waals surface area contributed by atoms with E-state index in [9.17, 15) is 4.79 Å². The van der Waals surface area contributed by atoms with Crippen molar-refractivity contribution in [1.29, 1.82) is 0 Å². The van der Waals surface area contributed by atoms with Crippen molar-refractivity contribution in [3.8, 4) is 5.75 Å². The van der Waals surface area contributed by atoms with Gasteiger partial charge in [-0.2, -0.15) is 0 Å². The number of Topliss-reactive ketones (excluding diaryl/α,β-unsaturated/α-hetero) is 1. The van der Waals surface area contributed by atoms with Crippen LogP contribution in [-0.4, -0.2) is 26.0 Å². The molecule has 0 saturated carbocycles. The zero-order chi connectivity index (χ0) is 13.1. The van der Waals surface area contributed by atoms with Crippen molar-refractivity contribution in [3.63, 3.8) is 0 Å². The van der Waals surface area contributed by atoms with E-state index in [1.165, 1.54) is 0 Å². The van der Waals surface area contributed by atoms with Gasteiger partial charge >= 0.3 is 0 Å². The van der Waals surface area contributed by atoms with Gasteiger partial charge in [0.05, 0.1) is 7.11 Å². The minimum absolute atomic E-state index is 0.0925. The normalized spacial score (nSPS) is 17.1. The number of methoxy groups -OCH3 is 1. The molecule has 1 saturated heterocycles. The number of carbonyl (C=O) groups is 1. The first-order valence-corrected chi connectivity index (χ1v) is 6.55. The lowest BCUT2D eigenvalue weighted by molar-refractivity contribution is -0.123. The highest BCUT2D eigenvalue weighted by molar-refractivity contribution is 6.30. The average molecular weight is 268 g/mol. The van der Waals surface area contributed by atoms with E-state index in [4.69, 9.17) is 16.3 Å². The van der Waals surface area contributed by atoms with Crippen LogP contribution in [0, 0.1) is 11.8 Å². The van der Waals surface area contributed by atoms with Gasteiger partial charge in [-0.3, -0.25) is 4.79 Å². The first kappa shape index (κ1) is 13.4. The highest BCUT2D eigenvalue weighted by Gasteiger charge is 2.28. The summed E-state index contributed by atoms with van der Waals surface area (Å²) in [4.78, 5) is 12.2. The summed E-state index contributed by atoms with van der Waals surface area (Å²) in [5.74, 6) is 1.55. The number of halogens is 1. The Bertz CT molecular complexity index is 443. The fraction of sp³-hybridized carbons (Fsp3) is 0.500. The molecule has 1 fully saturated rings. The minimum Gasteiger partial charge on any atom is -0.496 e. The fourth-order valence-corrected chi connectivity index (χ4v) is 2.36. The molecule has 1 aliphatic rings. The molecule has 1 heterocycles. The molecule has 2 rings (SSSR count). The van der Waals surface area contributed by atoms with Crippen LogP contribution in [0.25, 0.3) is 0 Å². The summed E-state index contributed by atoms with van der Waals surface area (Å²) in [7, 11) is 1.61. The van der Waals surface area contributed by atoms with E-state index < -0.39 is 0 Å². The summed E-state index contributed by atoms with van der Waals surface area (Å²) in [6.45, 7) is 3.89. The molecular formula is C14H18ClNO2. The first-order valence-electron chi connectivity index (χ1n) is 6.17. The number of rotatable bonds is 5. The molecule has 98 valence electrons. The van der Waals surface area contributed by atoms with E-state index in [1.54, 1.807) is 19.2 Å². The molecule has 1 aliphatic heterocycles. The van der Waals surface area contributed by atoms with Crippen molar-refractivity contribution in [2.24, 2.45) is 11.8 Å². The van der Waals surface area contributed by atoms with Crippen LogP contribution in [0.4, 0.5) is 0 Å². The quantitative estimate of drug-likeness (QED) is 0.890. The fourth-order valence-electron chi connectivity index (χ4n) is 2.16. The number of benzene rings is 1. The maximum absolute atomic E-state index is 12.2. The second-order valence-electron chi connectivity index (χ2n) is 4.81. The molecule has 0 spiro atoms. The van der Waals surface area contributed by atoms with Crippen molar-refractivity contribution in [2.75, 3.05) is 20.2 Å². The van der Waals surface area contributed by atoms with Gasteiger partial charge in [-0.15, -0.1) is 0 Å². The Kier molecular flexibility index (Phi) is 4.25. The molecule has 18 heavy (non-hydrogen) atoms. The van der Waals surface area contributed by atoms with Crippen LogP contribution >= 0.6 is 11.6 Å². The summed E-state index contributed by atoms with van der Waals surface area (Å²) in [5, 5.41) is 3.83. The van der Waals surface area contributed by atoms with Crippen molar-refractivity contribution in [2.45, 2.75) is 13.3 Å². The van der Waals surface area contributed by atoms with Crippen LogP contribution < -0.4 is 10.1 Å². The molecule has 4 heteroatoms. The van der Waals surface area contributed by atoms with Gasteiger partial charge in [-0.1, -0.05) is 18.5 Å². The van der Waals surface area contributed by atoms with Gasteiger partial charge in [-0.25, -0.2) is 0 Å². The third-order valence-corrected chi connectivity index (χ3v) is 3.87. The van der Waals surface area contributed by atoms with E-state index >= 15 is 0 Å². The van der Waals surface area contributed by atoms with Gasteiger partial charge in [0.2, 0.25) is 0 Å². The zero-order valence-electron chi connectivity index (χ0n) is 10.7. The third kappa shape index (κ3) is 2.85. The molecule has 1 atom stereocenters. The van der Waals surface area contributed by atoms with E-state index in [1.807, 2.05) is 13.0 Å². The maximum atomic E-state index is 12.2. The molecule has 1 aromatic rings. The predicted octanol–water partition coefficient (Wildman–Crippen LogP) is 2.32. The molecule has 1 aromatic carbocycles. The van der Waals surface area contributed by atoms with Crippen molar-refractivity contribution in [3.05, 3.63) is 28.8 Å². The third-order valence-electron chi connectivity index (χ3n) is 3.64. The SMILES string of the molecule is COc1ccc(Cl)cc1CC(=O)C(C)C1CNC1. The van der Waals surface area contributed by atoms with Crippen LogP contribution in [-0.2, 0) is 11.2 Å². The topological polar surface area (TPSA) is 38.3 Å². The highest BCUT2D eigenvalue weighted by Crippen LogP contribution is 2.25. The molecule has 0 aromatic heterocycles. The Morgan fingerprint density at radius 3 is 2.83 bits per heavy atom. The van der Waals surface area contributed by atoms with Crippen molar-refractivity contribution in [1.82, 2.24) is 5.32 Å². The van der Waals surface area contributed by atoms with Crippen molar-refractivity contribution >= 4 is 17.4 Å². The second kappa shape index (κ2) is 5.72. The predicted molar refractivity (Wildman–Crippen MR) is 72.2 cm³/mol. The Hall–Kier alpha value is -1.06. The Balaban J connectivity index is 2.07. The number of hydrogen-bond donors (Lipinski definition) is 1. The van der Waals surface area contributed by atoms with Crippen molar-refractivity contribution < 1.29 is 9.53 Å².